The normalized spacial score (nSPS) is 15.4. The molecule has 8 heteroatoms. The van der Waals surface area contributed by atoms with Crippen molar-refractivity contribution in [3.05, 3.63) is 29.6 Å². The van der Waals surface area contributed by atoms with Crippen molar-refractivity contribution in [2.75, 3.05) is 36.5 Å². The van der Waals surface area contributed by atoms with Gasteiger partial charge in [0.05, 0.1) is 18.9 Å². The van der Waals surface area contributed by atoms with Crippen LogP contribution in [0.3, 0.4) is 0 Å². The van der Waals surface area contributed by atoms with Crippen LogP contribution in [0.4, 0.5) is 10.8 Å². The van der Waals surface area contributed by atoms with Crippen LogP contribution in [0.5, 0.6) is 0 Å². The highest BCUT2D eigenvalue weighted by Crippen LogP contribution is 2.28. The largest absolute Gasteiger partial charge is 0.378 e. The lowest BCUT2D eigenvalue weighted by Gasteiger charge is -2.26. The first-order valence-corrected chi connectivity index (χ1v) is 9.37. The minimum absolute atomic E-state index is 0.234. The number of amides is 2. The number of nitrogens with one attached hydrogen (secondary N) is 2. The molecule has 1 saturated heterocycles. The van der Waals surface area contributed by atoms with Crippen LogP contribution in [0, 0.1) is 0 Å². The Morgan fingerprint density at radius 1 is 1.23 bits per heavy atom. The first-order valence-electron chi connectivity index (χ1n) is 8.49. The fourth-order valence-corrected chi connectivity index (χ4v) is 3.53. The predicted molar refractivity (Wildman–Crippen MR) is 102 cm³/mol. The van der Waals surface area contributed by atoms with Gasteiger partial charge in [0, 0.05) is 36.6 Å². The molecule has 0 spiro atoms. The number of carbonyl (C=O) groups excluding carboxylic acids is 2. The van der Waals surface area contributed by atoms with Crippen molar-refractivity contribution in [1.82, 2.24) is 10.3 Å². The highest BCUT2D eigenvalue weighted by Gasteiger charge is 2.16. The number of morpholine rings is 1. The summed E-state index contributed by atoms with van der Waals surface area (Å²) in [5, 5.41) is 8.39. The van der Waals surface area contributed by atoms with Gasteiger partial charge in [-0.1, -0.05) is 12.1 Å². The quantitative estimate of drug-likeness (QED) is 0.837. The Morgan fingerprint density at radius 2 is 1.92 bits per heavy atom. The number of benzene rings is 1. The summed E-state index contributed by atoms with van der Waals surface area (Å²) in [7, 11) is 0. The molecule has 2 aromatic rings. The molecule has 0 saturated carbocycles. The summed E-state index contributed by atoms with van der Waals surface area (Å²) < 4.78 is 5.37. The first kappa shape index (κ1) is 18.3. The molecule has 138 valence electrons. The summed E-state index contributed by atoms with van der Waals surface area (Å²) in [4.78, 5) is 30.0. The molecule has 1 aromatic carbocycles. The summed E-state index contributed by atoms with van der Waals surface area (Å²) in [5.74, 6) is -0.487. The van der Waals surface area contributed by atoms with Crippen LogP contribution < -0.4 is 15.5 Å². The van der Waals surface area contributed by atoms with Gasteiger partial charge in [0.1, 0.15) is 6.04 Å². The molecule has 1 atom stereocenters. The summed E-state index contributed by atoms with van der Waals surface area (Å²) >= 11 is 1.62. The maximum Gasteiger partial charge on any atom is 0.246 e. The summed E-state index contributed by atoms with van der Waals surface area (Å²) in [6.45, 7) is 6.24. The SMILES string of the molecule is CC(=O)NC(C)C(=O)Nc1ccc(-c2csc(N3CCOCC3)n2)cc1. The lowest BCUT2D eigenvalue weighted by Crippen LogP contribution is -2.40. The second-order valence-corrected chi connectivity index (χ2v) is 6.94. The van der Waals surface area contributed by atoms with Gasteiger partial charge in [-0.3, -0.25) is 9.59 Å². The van der Waals surface area contributed by atoms with Gasteiger partial charge in [-0.2, -0.15) is 0 Å². The van der Waals surface area contributed by atoms with E-state index in [1.165, 1.54) is 6.92 Å². The molecular formula is C18H22N4O3S. The molecule has 1 aliphatic heterocycles. The smallest absolute Gasteiger partial charge is 0.246 e. The standard InChI is InChI=1S/C18H22N4O3S/c1-12(19-13(2)23)17(24)20-15-5-3-14(4-6-15)16-11-26-18(21-16)22-7-9-25-10-8-22/h3-6,11-12H,7-10H2,1-2H3,(H,19,23)(H,20,24). The second-order valence-electron chi connectivity index (χ2n) is 6.10. The molecule has 2 heterocycles. The van der Waals surface area contributed by atoms with Crippen LogP contribution in [0.2, 0.25) is 0 Å². The Labute approximate surface area is 156 Å². The van der Waals surface area contributed by atoms with Gasteiger partial charge < -0.3 is 20.3 Å². The Kier molecular flexibility index (Phi) is 5.85. The van der Waals surface area contributed by atoms with E-state index in [1.54, 1.807) is 18.3 Å². The maximum absolute atomic E-state index is 12.0. The lowest BCUT2D eigenvalue weighted by molar-refractivity contribution is -0.124. The molecule has 7 nitrogen and oxygen atoms in total. The number of carbonyl (C=O) groups is 2. The fraction of sp³-hybridized carbons (Fsp3) is 0.389. The van der Waals surface area contributed by atoms with E-state index in [9.17, 15) is 9.59 Å². The molecule has 1 aliphatic rings. The van der Waals surface area contributed by atoms with E-state index in [0.29, 0.717) is 5.69 Å². The van der Waals surface area contributed by atoms with Gasteiger partial charge in [-0.05, 0) is 19.1 Å². The first-order chi connectivity index (χ1) is 12.5. The fourth-order valence-electron chi connectivity index (χ4n) is 2.64. The number of nitrogens with zero attached hydrogens (tertiary/aromatic N) is 2. The molecule has 3 rings (SSSR count). The van der Waals surface area contributed by atoms with Crippen LogP contribution >= 0.6 is 11.3 Å². The number of rotatable bonds is 5. The van der Waals surface area contributed by atoms with E-state index in [2.05, 4.69) is 15.5 Å². The van der Waals surface area contributed by atoms with Gasteiger partial charge in [-0.15, -0.1) is 11.3 Å². The number of ether oxygens (including phenoxy) is 1. The molecule has 1 fully saturated rings. The number of hydrogen-bond acceptors (Lipinski definition) is 6. The van der Waals surface area contributed by atoms with Crippen molar-refractivity contribution in [2.45, 2.75) is 19.9 Å². The molecule has 1 aromatic heterocycles. The van der Waals surface area contributed by atoms with Gasteiger partial charge in [0.2, 0.25) is 11.8 Å². The van der Waals surface area contributed by atoms with Crippen molar-refractivity contribution in [3.63, 3.8) is 0 Å². The van der Waals surface area contributed by atoms with Crippen LogP contribution in [-0.2, 0) is 14.3 Å². The Morgan fingerprint density at radius 3 is 2.58 bits per heavy atom. The van der Waals surface area contributed by atoms with E-state index in [1.807, 2.05) is 29.6 Å². The van der Waals surface area contributed by atoms with Crippen LogP contribution in [0.1, 0.15) is 13.8 Å². The predicted octanol–water partition coefficient (Wildman–Crippen LogP) is 2.11. The van der Waals surface area contributed by atoms with Gasteiger partial charge in [0.15, 0.2) is 5.13 Å². The van der Waals surface area contributed by atoms with E-state index in [4.69, 9.17) is 9.72 Å². The van der Waals surface area contributed by atoms with E-state index >= 15 is 0 Å². The van der Waals surface area contributed by atoms with Gasteiger partial charge in [0.25, 0.3) is 0 Å². The number of hydrogen-bond donors (Lipinski definition) is 2. The van der Waals surface area contributed by atoms with Gasteiger partial charge >= 0.3 is 0 Å². The summed E-state index contributed by atoms with van der Waals surface area (Å²) in [6.07, 6.45) is 0. The molecule has 2 amide bonds. The zero-order valence-electron chi connectivity index (χ0n) is 14.8. The van der Waals surface area contributed by atoms with Crippen LogP contribution in [0.25, 0.3) is 11.3 Å². The van der Waals surface area contributed by atoms with E-state index < -0.39 is 6.04 Å². The molecule has 0 radical (unpaired) electrons. The summed E-state index contributed by atoms with van der Waals surface area (Å²) in [6, 6.07) is 6.94. The van der Waals surface area contributed by atoms with E-state index in [0.717, 1.165) is 42.7 Å². The average Bonchev–Trinajstić information content (AvgIpc) is 3.12. The Hall–Kier alpha value is -2.45. The molecule has 0 bridgehead atoms. The highest BCUT2D eigenvalue weighted by molar-refractivity contribution is 7.14. The van der Waals surface area contributed by atoms with Crippen molar-refractivity contribution >= 4 is 34.0 Å². The zero-order valence-corrected chi connectivity index (χ0v) is 15.6. The molecular weight excluding hydrogens is 352 g/mol. The van der Waals surface area contributed by atoms with Crippen LogP contribution in [-0.4, -0.2) is 49.1 Å². The Balaban J connectivity index is 1.63. The maximum atomic E-state index is 12.0. The third-order valence-corrected chi connectivity index (χ3v) is 4.94. The van der Waals surface area contributed by atoms with Crippen LogP contribution in [0.15, 0.2) is 29.6 Å². The van der Waals surface area contributed by atoms with Crippen molar-refractivity contribution in [1.29, 1.82) is 0 Å². The molecule has 26 heavy (non-hydrogen) atoms. The molecule has 0 aliphatic carbocycles. The minimum Gasteiger partial charge on any atom is -0.378 e. The van der Waals surface area contributed by atoms with E-state index in [-0.39, 0.29) is 11.8 Å². The van der Waals surface area contributed by atoms with Crippen molar-refractivity contribution < 1.29 is 14.3 Å². The Bertz CT molecular complexity index is 769. The third-order valence-electron chi connectivity index (χ3n) is 4.03. The number of anilines is 2. The van der Waals surface area contributed by atoms with Crippen molar-refractivity contribution in [3.8, 4) is 11.3 Å². The topological polar surface area (TPSA) is 83.6 Å². The van der Waals surface area contributed by atoms with Gasteiger partial charge in [-0.25, -0.2) is 4.98 Å². The van der Waals surface area contributed by atoms with Crippen molar-refractivity contribution in [2.24, 2.45) is 0 Å². The monoisotopic (exact) mass is 374 g/mol. The lowest BCUT2D eigenvalue weighted by atomic mass is 10.1. The second kappa shape index (κ2) is 8.29. The molecule has 1 unspecified atom stereocenters. The highest BCUT2D eigenvalue weighted by atomic mass is 32.1. The third kappa shape index (κ3) is 4.59. The zero-order chi connectivity index (χ0) is 18.5. The number of thiazole rings is 1. The summed E-state index contributed by atoms with van der Waals surface area (Å²) in [5.41, 5.74) is 2.59. The average molecular weight is 374 g/mol. The number of aromatic nitrogens is 1. The molecule has 2 N–H and O–H groups in total. The minimum atomic E-state index is -0.582.